The summed E-state index contributed by atoms with van der Waals surface area (Å²) in [7, 11) is 0. The van der Waals surface area contributed by atoms with E-state index in [0.29, 0.717) is 19.0 Å². The number of hydrogen-bond acceptors (Lipinski definition) is 2. The van der Waals surface area contributed by atoms with Gasteiger partial charge in [0.15, 0.2) is 0 Å². The molecule has 130 valence electrons. The zero-order valence-electron chi connectivity index (χ0n) is 14.3. The average molecular weight is 336 g/mol. The minimum atomic E-state index is -0.109. The van der Waals surface area contributed by atoms with Crippen LogP contribution in [0.1, 0.15) is 35.4 Å². The normalized spacial score (nSPS) is 21.0. The van der Waals surface area contributed by atoms with Crippen molar-refractivity contribution in [2.45, 2.75) is 37.7 Å². The number of carbonyl (C=O) groups is 1. The van der Waals surface area contributed by atoms with Crippen LogP contribution in [0.2, 0.25) is 0 Å². The van der Waals surface area contributed by atoms with Crippen LogP contribution in [0.15, 0.2) is 48.5 Å². The predicted octanol–water partition coefficient (Wildman–Crippen LogP) is 3.41. The minimum Gasteiger partial charge on any atom is -0.488 e. The highest BCUT2D eigenvalue weighted by Gasteiger charge is 2.23. The summed E-state index contributed by atoms with van der Waals surface area (Å²) in [6.07, 6.45) is 4.36. The van der Waals surface area contributed by atoms with E-state index in [0.717, 1.165) is 25.0 Å². The Kier molecular flexibility index (Phi) is 4.59. The lowest BCUT2D eigenvalue weighted by Gasteiger charge is -2.25. The standard InChI is InChI=1S/C21H24N2O2/c24-21(23-14-18-12-16-7-2-4-11-20(16)25-18)22-13-17-9-5-8-15-6-1-3-10-19(15)17/h1-4,6-7,10-11,17-18H,5,8-9,12-14H2,(H2,22,23,24). The van der Waals surface area contributed by atoms with Gasteiger partial charge in [0.05, 0.1) is 6.54 Å². The Bertz CT molecular complexity index is 734. The van der Waals surface area contributed by atoms with Gasteiger partial charge in [0.1, 0.15) is 11.9 Å². The molecule has 4 rings (SSSR count). The number of urea groups is 1. The summed E-state index contributed by atoms with van der Waals surface area (Å²) in [6, 6.07) is 16.5. The third-order valence-corrected chi connectivity index (χ3v) is 5.21. The molecule has 0 bridgehead atoms. The first-order valence-corrected chi connectivity index (χ1v) is 9.13. The predicted molar refractivity (Wildman–Crippen MR) is 98.1 cm³/mol. The Morgan fingerprint density at radius 1 is 1.00 bits per heavy atom. The average Bonchev–Trinajstić information content (AvgIpc) is 3.07. The van der Waals surface area contributed by atoms with E-state index in [1.54, 1.807) is 0 Å². The molecule has 1 heterocycles. The van der Waals surface area contributed by atoms with Crippen LogP contribution in [0.5, 0.6) is 5.75 Å². The molecular weight excluding hydrogens is 312 g/mol. The summed E-state index contributed by atoms with van der Waals surface area (Å²) >= 11 is 0. The molecule has 0 aromatic heterocycles. The molecule has 2 amide bonds. The molecular formula is C21H24N2O2. The van der Waals surface area contributed by atoms with Crippen molar-refractivity contribution in [2.75, 3.05) is 13.1 Å². The van der Waals surface area contributed by atoms with E-state index in [-0.39, 0.29) is 12.1 Å². The Hall–Kier alpha value is -2.49. The van der Waals surface area contributed by atoms with Crippen molar-refractivity contribution in [3.8, 4) is 5.75 Å². The first-order valence-electron chi connectivity index (χ1n) is 9.13. The number of fused-ring (bicyclic) bond motifs is 2. The van der Waals surface area contributed by atoms with Crippen LogP contribution in [0.4, 0.5) is 4.79 Å². The molecule has 2 unspecified atom stereocenters. The fourth-order valence-electron chi connectivity index (χ4n) is 3.92. The molecule has 1 aliphatic heterocycles. The number of ether oxygens (including phenoxy) is 1. The van der Waals surface area contributed by atoms with Gasteiger partial charge < -0.3 is 15.4 Å². The third kappa shape index (κ3) is 3.63. The summed E-state index contributed by atoms with van der Waals surface area (Å²) in [6.45, 7) is 1.22. The SMILES string of the molecule is O=C(NCC1Cc2ccccc2O1)NCC1CCCc2ccccc21. The number of hydrogen-bond donors (Lipinski definition) is 2. The maximum atomic E-state index is 12.1. The number of rotatable bonds is 4. The van der Waals surface area contributed by atoms with Crippen LogP contribution in [0.25, 0.3) is 0 Å². The van der Waals surface area contributed by atoms with Crippen molar-refractivity contribution in [1.29, 1.82) is 0 Å². The van der Waals surface area contributed by atoms with Crippen molar-refractivity contribution in [3.05, 3.63) is 65.2 Å². The van der Waals surface area contributed by atoms with Crippen LogP contribution in [-0.4, -0.2) is 25.2 Å². The summed E-state index contributed by atoms with van der Waals surface area (Å²) in [5.41, 5.74) is 4.04. The summed E-state index contributed by atoms with van der Waals surface area (Å²) in [4.78, 5) is 12.1. The molecule has 25 heavy (non-hydrogen) atoms. The molecule has 0 saturated heterocycles. The number of amides is 2. The molecule has 0 spiro atoms. The molecule has 0 fully saturated rings. The van der Waals surface area contributed by atoms with Gasteiger partial charge in [-0.2, -0.15) is 0 Å². The molecule has 4 nitrogen and oxygen atoms in total. The van der Waals surface area contributed by atoms with Crippen LogP contribution >= 0.6 is 0 Å². The molecule has 2 atom stereocenters. The molecule has 4 heteroatoms. The number of benzene rings is 2. The van der Waals surface area contributed by atoms with Crippen molar-refractivity contribution in [3.63, 3.8) is 0 Å². The van der Waals surface area contributed by atoms with Gasteiger partial charge in [0.2, 0.25) is 0 Å². The van der Waals surface area contributed by atoms with Crippen LogP contribution < -0.4 is 15.4 Å². The fourth-order valence-corrected chi connectivity index (χ4v) is 3.92. The van der Waals surface area contributed by atoms with Crippen molar-refractivity contribution < 1.29 is 9.53 Å². The molecule has 0 radical (unpaired) electrons. The topological polar surface area (TPSA) is 50.4 Å². The van der Waals surface area contributed by atoms with Crippen molar-refractivity contribution >= 4 is 6.03 Å². The number of aryl methyl sites for hydroxylation is 1. The van der Waals surface area contributed by atoms with Crippen molar-refractivity contribution in [2.24, 2.45) is 0 Å². The smallest absolute Gasteiger partial charge is 0.314 e. The Labute approximate surface area is 148 Å². The van der Waals surface area contributed by atoms with E-state index in [1.165, 1.54) is 23.1 Å². The molecule has 2 aromatic carbocycles. The van der Waals surface area contributed by atoms with Crippen LogP contribution in [-0.2, 0) is 12.8 Å². The fraction of sp³-hybridized carbons (Fsp3) is 0.381. The zero-order chi connectivity index (χ0) is 17.1. The van der Waals surface area contributed by atoms with Gasteiger partial charge in [0, 0.05) is 18.9 Å². The van der Waals surface area contributed by atoms with E-state index < -0.39 is 0 Å². The maximum absolute atomic E-state index is 12.1. The second-order valence-electron chi connectivity index (χ2n) is 6.93. The maximum Gasteiger partial charge on any atom is 0.314 e. The van der Waals surface area contributed by atoms with Crippen molar-refractivity contribution in [1.82, 2.24) is 10.6 Å². The summed E-state index contributed by atoms with van der Waals surface area (Å²) in [5, 5.41) is 5.98. The van der Waals surface area contributed by atoms with E-state index in [2.05, 4.69) is 41.0 Å². The molecule has 0 saturated carbocycles. The highest BCUT2D eigenvalue weighted by Crippen LogP contribution is 2.31. The van der Waals surface area contributed by atoms with E-state index in [9.17, 15) is 4.79 Å². The number of carbonyl (C=O) groups excluding carboxylic acids is 1. The molecule has 2 N–H and O–H groups in total. The van der Waals surface area contributed by atoms with Gasteiger partial charge in [-0.05, 0) is 42.0 Å². The second-order valence-corrected chi connectivity index (χ2v) is 6.93. The lowest BCUT2D eigenvalue weighted by molar-refractivity contribution is 0.213. The second kappa shape index (κ2) is 7.18. The van der Waals surface area contributed by atoms with Gasteiger partial charge in [-0.25, -0.2) is 4.79 Å². The number of nitrogens with one attached hydrogen (secondary N) is 2. The van der Waals surface area contributed by atoms with Gasteiger partial charge in [-0.15, -0.1) is 0 Å². The third-order valence-electron chi connectivity index (χ3n) is 5.21. The van der Waals surface area contributed by atoms with E-state index in [4.69, 9.17) is 4.74 Å². The highest BCUT2D eigenvalue weighted by atomic mass is 16.5. The quantitative estimate of drug-likeness (QED) is 0.899. The first-order chi connectivity index (χ1) is 12.3. The van der Waals surface area contributed by atoms with E-state index >= 15 is 0 Å². The van der Waals surface area contributed by atoms with Gasteiger partial charge in [-0.1, -0.05) is 42.5 Å². The monoisotopic (exact) mass is 336 g/mol. The first kappa shape index (κ1) is 16.0. The molecule has 2 aliphatic rings. The molecule has 2 aromatic rings. The Morgan fingerprint density at radius 3 is 2.64 bits per heavy atom. The molecule has 1 aliphatic carbocycles. The lowest BCUT2D eigenvalue weighted by Crippen LogP contribution is -2.42. The summed E-state index contributed by atoms with van der Waals surface area (Å²) < 4.78 is 5.86. The highest BCUT2D eigenvalue weighted by molar-refractivity contribution is 5.74. The van der Waals surface area contributed by atoms with Gasteiger partial charge in [0.25, 0.3) is 0 Å². The number of para-hydroxylation sites is 1. The largest absolute Gasteiger partial charge is 0.488 e. The van der Waals surface area contributed by atoms with Crippen LogP contribution in [0.3, 0.4) is 0 Å². The Morgan fingerprint density at radius 2 is 1.76 bits per heavy atom. The lowest BCUT2D eigenvalue weighted by atomic mass is 9.83. The Balaban J connectivity index is 1.24. The van der Waals surface area contributed by atoms with E-state index in [1.807, 2.05) is 18.2 Å². The minimum absolute atomic E-state index is 0.0264. The van der Waals surface area contributed by atoms with Gasteiger partial charge >= 0.3 is 6.03 Å². The van der Waals surface area contributed by atoms with Gasteiger partial charge in [-0.3, -0.25) is 0 Å². The zero-order valence-corrected chi connectivity index (χ0v) is 14.3. The summed E-state index contributed by atoms with van der Waals surface area (Å²) in [5.74, 6) is 1.36. The van der Waals surface area contributed by atoms with Crippen LogP contribution in [0, 0.1) is 0 Å².